The standard InChI is InChI=1S/C15H14BrClFN/c1-9-6-14(18)13(16)8-15(9)19-10(2)11-4-3-5-12(17)7-11/h3-8,10,19H,1-2H3. The topological polar surface area (TPSA) is 12.0 Å². The van der Waals surface area contributed by atoms with Crippen LogP contribution in [0.2, 0.25) is 5.02 Å². The smallest absolute Gasteiger partial charge is 0.137 e. The van der Waals surface area contributed by atoms with Gasteiger partial charge in [-0.05, 0) is 65.2 Å². The zero-order chi connectivity index (χ0) is 14.0. The Morgan fingerprint density at radius 2 is 2.00 bits per heavy atom. The van der Waals surface area contributed by atoms with Crippen LogP contribution in [0.5, 0.6) is 0 Å². The molecule has 0 fully saturated rings. The normalized spacial score (nSPS) is 12.3. The molecule has 2 aromatic rings. The molecule has 0 aliphatic rings. The van der Waals surface area contributed by atoms with Crippen molar-refractivity contribution in [2.45, 2.75) is 19.9 Å². The molecule has 1 atom stereocenters. The summed E-state index contributed by atoms with van der Waals surface area (Å²) in [5.41, 5.74) is 2.86. The molecule has 1 unspecified atom stereocenters. The molecule has 0 saturated heterocycles. The number of halogens is 3. The average molecular weight is 343 g/mol. The van der Waals surface area contributed by atoms with Crippen molar-refractivity contribution >= 4 is 33.2 Å². The Morgan fingerprint density at radius 3 is 2.68 bits per heavy atom. The highest BCUT2D eigenvalue weighted by Crippen LogP contribution is 2.28. The minimum Gasteiger partial charge on any atom is -0.378 e. The molecule has 0 saturated carbocycles. The second kappa shape index (κ2) is 5.93. The maximum absolute atomic E-state index is 13.4. The summed E-state index contributed by atoms with van der Waals surface area (Å²) < 4.78 is 13.8. The third-order valence-electron chi connectivity index (χ3n) is 2.99. The molecule has 0 radical (unpaired) electrons. The van der Waals surface area contributed by atoms with E-state index in [0.717, 1.165) is 16.8 Å². The van der Waals surface area contributed by atoms with Gasteiger partial charge in [0.2, 0.25) is 0 Å². The molecule has 100 valence electrons. The maximum Gasteiger partial charge on any atom is 0.137 e. The van der Waals surface area contributed by atoms with E-state index in [1.807, 2.05) is 38.1 Å². The quantitative estimate of drug-likeness (QED) is 0.752. The van der Waals surface area contributed by atoms with Gasteiger partial charge in [0, 0.05) is 16.8 Å². The predicted octanol–water partition coefficient (Wildman–Crippen LogP) is 5.72. The average Bonchev–Trinajstić information content (AvgIpc) is 2.36. The van der Waals surface area contributed by atoms with Crippen molar-refractivity contribution in [2.24, 2.45) is 0 Å². The Bertz CT molecular complexity index is 601. The van der Waals surface area contributed by atoms with Crippen molar-refractivity contribution in [3.63, 3.8) is 0 Å². The zero-order valence-corrected chi connectivity index (χ0v) is 13.0. The van der Waals surface area contributed by atoms with Crippen molar-refractivity contribution < 1.29 is 4.39 Å². The van der Waals surface area contributed by atoms with E-state index in [1.165, 1.54) is 6.07 Å². The Kier molecular flexibility index (Phi) is 4.48. The molecule has 0 bridgehead atoms. The molecule has 0 spiro atoms. The minimum atomic E-state index is -0.251. The third kappa shape index (κ3) is 3.48. The fourth-order valence-corrected chi connectivity index (χ4v) is 2.44. The highest BCUT2D eigenvalue weighted by Gasteiger charge is 2.10. The second-order valence-electron chi connectivity index (χ2n) is 4.50. The van der Waals surface area contributed by atoms with E-state index in [0.29, 0.717) is 9.50 Å². The summed E-state index contributed by atoms with van der Waals surface area (Å²) >= 11 is 9.19. The Morgan fingerprint density at radius 1 is 1.26 bits per heavy atom. The highest BCUT2D eigenvalue weighted by molar-refractivity contribution is 9.10. The lowest BCUT2D eigenvalue weighted by Gasteiger charge is -2.18. The van der Waals surface area contributed by atoms with Gasteiger partial charge >= 0.3 is 0 Å². The summed E-state index contributed by atoms with van der Waals surface area (Å²) in [6, 6.07) is 11.1. The molecule has 1 nitrogen and oxygen atoms in total. The van der Waals surface area contributed by atoms with Gasteiger partial charge in [-0.25, -0.2) is 4.39 Å². The fourth-order valence-electron chi connectivity index (χ4n) is 1.89. The minimum absolute atomic E-state index is 0.0924. The second-order valence-corrected chi connectivity index (χ2v) is 5.79. The number of rotatable bonds is 3. The van der Waals surface area contributed by atoms with Crippen molar-refractivity contribution in [2.75, 3.05) is 5.32 Å². The van der Waals surface area contributed by atoms with E-state index >= 15 is 0 Å². The maximum atomic E-state index is 13.4. The van der Waals surface area contributed by atoms with Crippen molar-refractivity contribution in [3.8, 4) is 0 Å². The summed E-state index contributed by atoms with van der Waals surface area (Å²) in [5.74, 6) is -0.251. The lowest BCUT2D eigenvalue weighted by molar-refractivity contribution is 0.620. The third-order valence-corrected chi connectivity index (χ3v) is 3.83. The van der Waals surface area contributed by atoms with Gasteiger partial charge in [0.05, 0.1) is 4.47 Å². The molecular formula is C15H14BrClFN. The molecule has 0 aromatic heterocycles. The first-order valence-corrected chi connectivity index (χ1v) is 7.12. The molecule has 2 aromatic carbocycles. The Hall–Kier alpha value is -1.06. The van der Waals surface area contributed by atoms with E-state index in [9.17, 15) is 4.39 Å². The van der Waals surface area contributed by atoms with Crippen LogP contribution in [0.15, 0.2) is 40.9 Å². The van der Waals surface area contributed by atoms with Gasteiger partial charge in [0.25, 0.3) is 0 Å². The van der Waals surface area contributed by atoms with Crippen LogP contribution in [0.1, 0.15) is 24.1 Å². The van der Waals surface area contributed by atoms with Crippen molar-refractivity contribution in [1.29, 1.82) is 0 Å². The van der Waals surface area contributed by atoms with Crippen LogP contribution in [0.25, 0.3) is 0 Å². The number of anilines is 1. The molecule has 0 aliphatic heterocycles. The van der Waals surface area contributed by atoms with Crippen LogP contribution < -0.4 is 5.32 Å². The molecule has 19 heavy (non-hydrogen) atoms. The zero-order valence-electron chi connectivity index (χ0n) is 10.7. The molecule has 2 rings (SSSR count). The van der Waals surface area contributed by atoms with Crippen LogP contribution in [0.4, 0.5) is 10.1 Å². The number of benzene rings is 2. The molecule has 4 heteroatoms. The van der Waals surface area contributed by atoms with E-state index in [-0.39, 0.29) is 11.9 Å². The van der Waals surface area contributed by atoms with Gasteiger partial charge in [0.1, 0.15) is 5.82 Å². The number of hydrogen-bond donors (Lipinski definition) is 1. The fraction of sp³-hybridized carbons (Fsp3) is 0.200. The molecular weight excluding hydrogens is 329 g/mol. The summed E-state index contributed by atoms with van der Waals surface area (Å²) in [4.78, 5) is 0. The van der Waals surface area contributed by atoms with Crippen LogP contribution in [0, 0.1) is 12.7 Å². The molecule has 1 N–H and O–H groups in total. The van der Waals surface area contributed by atoms with Crippen LogP contribution in [-0.2, 0) is 0 Å². The molecule has 0 heterocycles. The Balaban J connectivity index is 2.24. The van der Waals surface area contributed by atoms with Gasteiger partial charge in [-0.3, -0.25) is 0 Å². The van der Waals surface area contributed by atoms with Crippen LogP contribution in [-0.4, -0.2) is 0 Å². The number of aryl methyl sites for hydroxylation is 1. The summed E-state index contributed by atoms with van der Waals surface area (Å²) in [6.45, 7) is 3.92. The highest BCUT2D eigenvalue weighted by atomic mass is 79.9. The van der Waals surface area contributed by atoms with Gasteiger partial charge in [0.15, 0.2) is 0 Å². The monoisotopic (exact) mass is 341 g/mol. The van der Waals surface area contributed by atoms with E-state index < -0.39 is 0 Å². The van der Waals surface area contributed by atoms with Gasteiger partial charge in [-0.15, -0.1) is 0 Å². The van der Waals surface area contributed by atoms with Gasteiger partial charge < -0.3 is 5.32 Å². The lowest BCUT2D eigenvalue weighted by atomic mass is 10.1. The summed E-state index contributed by atoms with van der Waals surface area (Å²) in [5, 5.41) is 4.08. The predicted molar refractivity (Wildman–Crippen MR) is 82.3 cm³/mol. The first kappa shape index (κ1) is 14.4. The largest absolute Gasteiger partial charge is 0.378 e. The van der Waals surface area contributed by atoms with E-state index in [1.54, 1.807) is 6.07 Å². The van der Waals surface area contributed by atoms with E-state index in [2.05, 4.69) is 21.2 Å². The first-order chi connectivity index (χ1) is 8.97. The summed E-state index contributed by atoms with van der Waals surface area (Å²) in [6.07, 6.45) is 0. The van der Waals surface area contributed by atoms with Crippen LogP contribution >= 0.6 is 27.5 Å². The summed E-state index contributed by atoms with van der Waals surface area (Å²) in [7, 11) is 0. The number of hydrogen-bond acceptors (Lipinski definition) is 1. The van der Waals surface area contributed by atoms with Gasteiger partial charge in [-0.2, -0.15) is 0 Å². The van der Waals surface area contributed by atoms with Crippen molar-refractivity contribution in [3.05, 3.63) is 62.8 Å². The molecule has 0 aliphatic carbocycles. The Labute approximate surface area is 125 Å². The van der Waals surface area contributed by atoms with Gasteiger partial charge in [-0.1, -0.05) is 23.7 Å². The first-order valence-electron chi connectivity index (χ1n) is 5.95. The van der Waals surface area contributed by atoms with Crippen molar-refractivity contribution in [1.82, 2.24) is 0 Å². The van der Waals surface area contributed by atoms with Crippen LogP contribution in [0.3, 0.4) is 0 Å². The lowest BCUT2D eigenvalue weighted by Crippen LogP contribution is -2.08. The molecule has 0 amide bonds. The number of nitrogens with one attached hydrogen (secondary N) is 1. The SMILES string of the molecule is Cc1cc(F)c(Br)cc1NC(C)c1cccc(Cl)c1. The van der Waals surface area contributed by atoms with E-state index in [4.69, 9.17) is 11.6 Å².